The average molecular weight is 1470 g/mol. The number of nitrogens with one attached hydrogen (secondary N) is 14. The maximum atomic E-state index is 14.8. The van der Waals surface area contributed by atoms with Gasteiger partial charge in [-0.2, -0.15) is 0 Å². The molecule has 13 amide bonds. The number of fused-ring (bicyclic) bond motifs is 2. The fourth-order valence-electron chi connectivity index (χ4n) is 10.9. The molecule has 3 heterocycles. The monoisotopic (exact) mass is 1470 g/mol. The van der Waals surface area contributed by atoms with E-state index in [0.29, 0.717) is 32.9 Å². The number of amides is 13. The van der Waals surface area contributed by atoms with Gasteiger partial charge in [0.15, 0.2) is 0 Å². The van der Waals surface area contributed by atoms with Gasteiger partial charge < -0.3 is 89.7 Å². The van der Waals surface area contributed by atoms with E-state index in [1.165, 1.54) is 6.92 Å². The molecule has 2 aromatic carbocycles. The summed E-state index contributed by atoms with van der Waals surface area (Å²) in [5.41, 5.74) is 8.19. The fraction of sp³-hybridized carbons (Fsp3) is 0.529. The summed E-state index contributed by atoms with van der Waals surface area (Å²) >= 11 is 0. The SMILES string of the molecule is CC(=O)N[C@@H](CC(=O)O)C(=O)N[C@H]1CSSC[C@@H](C(N)=O)NC(=O)[C@H](Cc2c[nH]c3ccccc23)NC(=O)[C@H](C(C)C)NC(=O)[C@H](CC(C)C)NC(=O)[C@H](CCC(=O)O)NC(=O)CNC(=O)[C@H](CC(C)C)NC(=O)[C@H](CC(=O)C(C)C)NC(=O)[C@H](Cc2c[nH]c3ccccc23)NC(=O)[C@H](C)NC1=O. The van der Waals surface area contributed by atoms with Gasteiger partial charge in [0.05, 0.1) is 13.0 Å². The fourth-order valence-corrected chi connectivity index (χ4v) is 13.3. The number of para-hydroxylation sites is 2. The third-order valence-electron chi connectivity index (χ3n) is 16.5. The molecule has 0 bridgehead atoms. The summed E-state index contributed by atoms with van der Waals surface area (Å²) in [6.45, 7) is 14.5. The minimum Gasteiger partial charge on any atom is -0.481 e. The van der Waals surface area contributed by atoms with Crippen LogP contribution in [0.15, 0.2) is 60.9 Å². The molecule has 11 atom stereocenters. The van der Waals surface area contributed by atoms with E-state index in [9.17, 15) is 86.9 Å². The first-order valence-electron chi connectivity index (χ1n) is 33.7. The van der Waals surface area contributed by atoms with Crippen molar-refractivity contribution in [1.82, 2.24) is 73.8 Å². The van der Waals surface area contributed by atoms with Gasteiger partial charge in [0, 0.05) is 84.2 Å². The van der Waals surface area contributed by atoms with E-state index >= 15 is 0 Å². The lowest BCUT2D eigenvalue weighted by Crippen LogP contribution is -2.61. The van der Waals surface area contributed by atoms with Crippen LogP contribution in [0, 0.1) is 23.7 Å². The molecule has 4 aromatic rings. The normalized spacial score (nSPS) is 23.0. The predicted octanol–water partition coefficient (Wildman–Crippen LogP) is -0.494. The van der Waals surface area contributed by atoms with E-state index in [-0.39, 0.29) is 43.3 Å². The number of carboxylic acids is 2. The standard InChI is InChI=1S/C68H95N15O18S2/c1-32(2)21-45-60(93)72-29-54(86)75-44(19-20-55(87)88)61(94)78-46(22-33(3)4)66(99)83-57(35(7)8)68(101)80-48(24-39-28-71-43-18-14-12-16-41(39)43)63(96)81-51(58(69)91)30-102-103-31-52(82-65(98)50(26-56(89)90)74-37(10)84)67(100)73-36(9)59(92)76-47(23-38-27-70-42-17-13-11-15-40(38)42)62(95)79-49(64(97)77-45)25-53(85)34(5)6/h11-18,27-28,32-36,44-52,57,70-71H,19-26,29-31H2,1-10H3,(H2,69,91)(H,72,93)(H,73,100)(H,74,84)(H,75,86)(H,76,92)(H,77,97)(H,78,94)(H,79,95)(H,80,101)(H,81,96)(H,82,98)(H,83,99)(H,87,88)(H,89,90)/t36-,44-,45-,46-,47-,48-,49-,50-,51-,52-,57-/m0/s1. The van der Waals surface area contributed by atoms with E-state index in [1.807, 2.05) is 0 Å². The number of hydrogen-bond acceptors (Lipinski definition) is 18. The molecule has 1 aliphatic heterocycles. The number of primary amides is 1. The second-order valence-corrected chi connectivity index (χ2v) is 29.2. The summed E-state index contributed by atoms with van der Waals surface area (Å²) in [6.07, 6.45) is -0.212. The maximum Gasteiger partial charge on any atom is 0.305 e. The van der Waals surface area contributed by atoms with Gasteiger partial charge in [-0.1, -0.05) is 113 Å². The van der Waals surface area contributed by atoms with Crippen LogP contribution < -0.4 is 69.5 Å². The molecule has 0 saturated carbocycles. The molecular weight excluding hydrogens is 1380 g/mol. The Labute approximate surface area is 602 Å². The van der Waals surface area contributed by atoms with Crippen molar-refractivity contribution in [2.75, 3.05) is 18.1 Å². The van der Waals surface area contributed by atoms with Gasteiger partial charge in [0.25, 0.3) is 0 Å². The van der Waals surface area contributed by atoms with Crippen molar-refractivity contribution in [2.24, 2.45) is 29.4 Å². The summed E-state index contributed by atoms with van der Waals surface area (Å²) in [5.74, 6) is -19.1. The maximum absolute atomic E-state index is 14.8. The molecular formula is C68H95N15O18S2. The zero-order valence-corrected chi connectivity index (χ0v) is 60.7. The highest BCUT2D eigenvalue weighted by Gasteiger charge is 2.38. The number of nitrogens with two attached hydrogens (primary N) is 1. The number of H-pyrrole nitrogens is 2. The molecule has 0 spiro atoms. The van der Waals surface area contributed by atoms with Gasteiger partial charge in [-0.15, -0.1) is 0 Å². The third-order valence-corrected chi connectivity index (χ3v) is 18.9. The third kappa shape index (κ3) is 26.7. The quantitative estimate of drug-likeness (QED) is 0.0468. The molecule has 1 saturated heterocycles. The van der Waals surface area contributed by atoms with Crippen LogP contribution in [0.4, 0.5) is 0 Å². The second-order valence-electron chi connectivity index (χ2n) is 26.7. The smallest absolute Gasteiger partial charge is 0.305 e. The molecule has 1 fully saturated rings. The summed E-state index contributed by atoms with van der Waals surface area (Å²) in [6, 6.07) is -3.33. The number of ketones is 1. The molecule has 0 unspecified atom stereocenters. The lowest BCUT2D eigenvalue weighted by molar-refractivity contribution is -0.141. The molecule has 1 aliphatic rings. The molecule has 2 aromatic heterocycles. The van der Waals surface area contributed by atoms with Crippen molar-refractivity contribution in [2.45, 2.75) is 187 Å². The van der Waals surface area contributed by atoms with Crippen LogP contribution in [-0.2, 0) is 89.6 Å². The first-order chi connectivity index (χ1) is 48.5. The van der Waals surface area contributed by atoms with Gasteiger partial charge >= 0.3 is 11.9 Å². The van der Waals surface area contributed by atoms with Gasteiger partial charge in [0.1, 0.15) is 72.2 Å². The number of carboxylic acid groups (broad SMARTS) is 2. The largest absolute Gasteiger partial charge is 0.481 e. The molecule has 33 nitrogen and oxygen atoms in total. The van der Waals surface area contributed by atoms with Crippen molar-refractivity contribution in [1.29, 1.82) is 0 Å². The minimum absolute atomic E-state index is 0.0646. The van der Waals surface area contributed by atoms with Crippen LogP contribution in [0.1, 0.15) is 119 Å². The highest BCUT2D eigenvalue weighted by Crippen LogP contribution is 2.25. The van der Waals surface area contributed by atoms with Crippen LogP contribution in [0.3, 0.4) is 0 Å². The van der Waals surface area contributed by atoms with E-state index < -0.39 is 211 Å². The van der Waals surface area contributed by atoms with Crippen LogP contribution in [0.5, 0.6) is 0 Å². The zero-order valence-electron chi connectivity index (χ0n) is 59.0. The van der Waals surface area contributed by atoms with Crippen LogP contribution >= 0.6 is 21.6 Å². The Kier molecular flexibility index (Phi) is 32.4. The topological polar surface area (TPSA) is 516 Å². The average Bonchev–Trinajstić information content (AvgIpc) is 1.63. The van der Waals surface area contributed by atoms with Crippen molar-refractivity contribution in [3.8, 4) is 0 Å². The Morgan fingerprint density at radius 1 is 0.553 bits per heavy atom. The number of aromatic nitrogens is 2. The van der Waals surface area contributed by atoms with Crippen molar-refractivity contribution >= 4 is 138 Å². The lowest BCUT2D eigenvalue weighted by atomic mass is 9.98. The van der Waals surface area contributed by atoms with Gasteiger partial charge in [-0.25, -0.2) is 0 Å². The number of carbonyl (C=O) groups is 16. The molecule has 35 heteroatoms. The van der Waals surface area contributed by atoms with Crippen molar-refractivity contribution in [3.05, 3.63) is 72.1 Å². The molecule has 0 radical (unpaired) electrons. The second kappa shape index (κ2) is 40.0. The van der Waals surface area contributed by atoms with Crippen molar-refractivity contribution in [3.63, 3.8) is 0 Å². The predicted molar refractivity (Wildman–Crippen MR) is 381 cm³/mol. The highest BCUT2D eigenvalue weighted by atomic mass is 33.1. The molecule has 5 rings (SSSR count). The zero-order chi connectivity index (χ0) is 76.5. The first-order valence-corrected chi connectivity index (χ1v) is 36.2. The summed E-state index contributed by atoms with van der Waals surface area (Å²) in [5, 5.41) is 50.9. The number of carbonyl (C=O) groups excluding carboxylic acids is 14. The molecule has 562 valence electrons. The number of aliphatic carboxylic acids is 2. The Hall–Kier alpha value is -10.1. The summed E-state index contributed by atoms with van der Waals surface area (Å²) in [7, 11) is 1.69. The molecule has 103 heavy (non-hydrogen) atoms. The van der Waals surface area contributed by atoms with Gasteiger partial charge in [0.2, 0.25) is 76.8 Å². The van der Waals surface area contributed by atoms with Gasteiger partial charge in [-0.05, 0) is 67.2 Å². The Morgan fingerprint density at radius 2 is 1.04 bits per heavy atom. The first kappa shape index (κ1) is 83.6. The number of aromatic amines is 2. The minimum atomic E-state index is -1.73. The number of rotatable bonds is 21. The van der Waals surface area contributed by atoms with Gasteiger partial charge in [-0.3, -0.25) is 76.7 Å². The molecule has 18 N–H and O–H groups in total. The number of hydrogen-bond donors (Lipinski definition) is 17. The van der Waals surface area contributed by atoms with E-state index in [0.717, 1.165) is 28.5 Å². The number of Topliss-reactive ketones (excluding diaryl/α,β-unsaturated/α-hetero) is 1. The Morgan fingerprint density at radius 3 is 1.55 bits per heavy atom. The lowest BCUT2D eigenvalue weighted by Gasteiger charge is -2.29. The van der Waals surface area contributed by atoms with E-state index in [4.69, 9.17) is 5.73 Å². The van der Waals surface area contributed by atoms with Crippen molar-refractivity contribution < 1.29 is 86.9 Å². The van der Waals surface area contributed by atoms with E-state index in [1.54, 1.807) is 116 Å². The van der Waals surface area contributed by atoms with Crippen LogP contribution in [0.25, 0.3) is 21.8 Å². The summed E-state index contributed by atoms with van der Waals surface area (Å²) in [4.78, 5) is 227. The van der Waals surface area contributed by atoms with Crippen LogP contribution in [0.2, 0.25) is 0 Å². The highest BCUT2D eigenvalue weighted by molar-refractivity contribution is 8.76. The van der Waals surface area contributed by atoms with Crippen LogP contribution in [-0.4, -0.2) is 199 Å². The molecule has 0 aliphatic carbocycles. The van der Waals surface area contributed by atoms with E-state index in [2.05, 4.69) is 73.8 Å². The Balaban J connectivity index is 1.61. The number of benzene rings is 2. The summed E-state index contributed by atoms with van der Waals surface area (Å²) < 4.78 is 0. The Bertz CT molecular complexity index is 3750.